The summed E-state index contributed by atoms with van der Waals surface area (Å²) in [6.45, 7) is 8.23. The minimum absolute atomic E-state index is 0.234. The Morgan fingerprint density at radius 1 is 1.32 bits per heavy atom. The summed E-state index contributed by atoms with van der Waals surface area (Å²) in [6.07, 6.45) is -0.234. The van der Waals surface area contributed by atoms with Gasteiger partial charge in [0, 0.05) is 19.0 Å². The van der Waals surface area contributed by atoms with Gasteiger partial charge in [0.1, 0.15) is 0 Å². The average Bonchev–Trinajstić information content (AvgIpc) is 2.32. The van der Waals surface area contributed by atoms with E-state index in [-0.39, 0.29) is 6.09 Å². The maximum Gasteiger partial charge on any atom is 0.414 e. The van der Waals surface area contributed by atoms with Gasteiger partial charge in [-0.05, 0) is 38.9 Å². The standard InChI is InChI=1S/C15H22N2O2/c1-10-5-11(2)14(12(3)6-10)17-8-13(7-16-4)9-19-15(17)18/h5-6,13,16H,7-9H2,1-4H3. The number of ether oxygens (including phenoxy) is 1. The first kappa shape index (κ1) is 13.9. The highest BCUT2D eigenvalue weighted by atomic mass is 16.6. The number of nitrogens with zero attached hydrogens (tertiary/aromatic N) is 1. The lowest BCUT2D eigenvalue weighted by atomic mass is 10.0. The van der Waals surface area contributed by atoms with E-state index in [4.69, 9.17) is 4.74 Å². The number of benzene rings is 1. The van der Waals surface area contributed by atoms with Crippen LogP contribution >= 0.6 is 0 Å². The van der Waals surface area contributed by atoms with Crippen molar-refractivity contribution in [2.24, 2.45) is 5.92 Å². The topological polar surface area (TPSA) is 41.6 Å². The molecule has 1 aromatic carbocycles. The number of carbonyl (C=O) groups excluding carboxylic acids is 1. The summed E-state index contributed by atoms with van der Waals surface area (Å²) in [7, 11) is 1.92. The molecule has 0 bridgehead atoms. The third-order valence-electron chi connectivity index (χ3n) is 3.50. The molecule has 1 heterocycles. The largest absolute Gasteiger partial charge is 0.449 e. The van der Waals surface area contributed by atoms with E-state index in [1.807, 2.05) is 20.9 Å². The van der Waals surface area contributed by atoms with E-state index < -0.39 is 0 Å². The molecule has 1 atom stereocenters. The van der Waals surface area contributed by atoms with Crippen molar-refractivity contribution < 1.29 is 9.53 Å². The van der Waals surface area contributed by atoms with Crippen LogP contribution in [0.15, 0.2) is 12.1 Å². The summed E-state index contributed by atoms with van der Waals surface area (Å²) in [4.78, 5) is 13.8. The van der Waals surface area contributed by atoms with Gasteiger partial charge in [-0.2, -0.15) is 0 Å². The molecule has 2 rings (SSSR count). The zero-order chi connectivity index (χ0) is 14.0. The fraction of sp³-hybridized carbons (Fsp3) is 0.533. The number of rotatable bonds is 3. The third-order valence-corrected chi connectivity index (χ3v) is 3.50. The van der Waals surface area contributed by atoms with Gasteiger partial charge in [0.05, 0.1) is 12.3 Å². The Kier molecular flexibility index (Phi) is 4.10. The predicted octanol–water partition coefficient (Wildman–Crippen LogP) is 2.40. The number of anilines is 1. The molecule has 0 radical (unpaired) electrons. The monoisotopic (exact) mass is 262 g/mol. The molecule has 1 aromatic rings. The molecule has 4 nitrogen and oxygen atoms in total. The minimum atomic E-state index is -0.234. The van der Waals surface area contributed by atoms with Crippen molar-refractivity contribution in [1.82, 2.24) is 5.32 Å². The molecule has 0 spiro atoms. The first-order chi connectivity index (χ1) is 9.02. The van der Waals surface area contributed by atoms with Crippen LogP contribution in [0.25, 0.3) is 0 Å². The quantitative estimate of drug-likeness (QED) is 0.909. The number of hydrogen-bond donors (Lipinski definition) is 1. The number of carbonyl (C=O) groups is 1. The van der Waals surface area contributed by atoms with Crippen molar-refractivity contribution >= 4 is 11.8 Å². The van der Waals surface area contributed by atoms with Gasteiger partial charge in [-0.25, -0.2) is 4.79 Å². The number of cyclic esters (lactones) is 1. The lowest BCUT2D eigenvalue weighted by Crippen LogP contribution is -2.46. The molecule has 1 aliphatic heterocycles. The van der Waals surface area contributed by atoms with Crippen molar-refractivity contribution in [3.63, 3.8) is 0 Å². The van der Waals surface area contributed by atoms with Crippen LogP contribution < -0.4 is 10.2 Å². The van der Waals surface area contributed by atoms with Crippen molar-refractivity contribution in [2.75, 3.05) is 31.6 Å². The summed E-state index contributed by atoms with van der Waals surface area (Å²) in [5, 5.41) is 3.14. The molecule has 1 aliphatic rings. The Balaban J connectivity index is 2.31. The Bertz CT molecular complexity index is 462. The van der Waals surface area contributed by atoms with Crippen LogP contribution in [0.5, 0.6) is 0 Å². The zero-order valence-electron chi connectivity index (χ0n) is 12.1. The van der Waals surface area contributed by atoms with Gasteiger partial charge in [-0.3, -0.25) is 4.90 Å². The number of aryl methyl sites for hydroxylation is 3. The Morgan fingerprint density at radius 3 is 2.53 bits per heavy atom. The summed E-state index contributed by atoms with van der Waals surface area (Å²) < 4.78 is 5.30. The van der Waals surface area contributed by atoms with Crippen LogP contribution in [0.3, 0.4) is 0 Å². The SMILES string of the molecule is CNCC1COC(=O)N(c2c(C)cc(C)cc2C)C1. The highest BCUT2D eigenvalue weighted by Gasteiger charge is 2.29. The van der Waals surface area contributed by atoms with E-state index >= 15 is 0 Å². The second-order valence-corrected chi connectivity index (χ2v) is 5.36. The van der Waals surface area contributed by atoms with E-state index in [0.717, 1.165) is 23.4 Å². The van der Waals surface area contributed by atoms with Crippen LogP contribution in [-0.4, -0.2) is 32.8 Å². The molecule has 104 valence electrons. The summed E-state index contributed by atoms with van der Waals surface area (Å²) >= 11 is 0. The van der Waals surface area contributed by atoms with Gasteiger partial charge in [0.15, 0.2) is 0 Å². The normalized spacial score (nSPS) is 19.5. The van der Waals surface area contributed by atoms with Crippen LogP contribution in [0, 0.1) is 26.7 Å². The third kappa shape index (κ3) is 2.89. The van der Waals surface area contributed by atoms with Crippen LogP contribution in [0.2, 0.25) is 0 Å². The molecule has 1 N–H and O–H groups in total. The molecule has 0 aliphatic carbocycles. The first-order valence-corrected chi connectivity index (χ1v) is 6.69. The van der Waals surface area contributed by atoms with Gasteiger partial charge in [-0.15, -0.1) is 0 Å². The van der Waals surface area contributed by atoms with Crippen LogP contribution in [0.1, 0.15) is 16.7 Å². The van der Waals surface area contributed by atoms with Crippen molar-refractivity contribution in [3.05, 3.63) is 28.8 Å². The van der Waals surface area contributed by atoms with Crippen molar-refractivity contribution in [2.45, 2.75) is 20.8 Å². The fourth-order valence-corrected chi connectivity index (χ4v) is 2.85. The molecule has 19 heavy (non-hydrogen) atoms. The van der Waals surface area contributed by atoms with E-state index in [1.165, 1.54) is 5.56 Å². The van der Waals surface area contributed by atoms with E-state index in [0.29, 0.717) is 19.1 Å². The Morgan fingerprint density at radius 2 is 1.95 bits per heavy atom. The van der Waals surface area contributed by atoms with Gasteiger partial charge in [0.2, 0.25) is 0 Å². The zero-order valence-corrected chi connectivity index (χ0v) is 12.1. The Labute approximate surface area is 114 Å². The maximum atomic E-state index is 12.0. The van der Waals surface area contributed by atoms with E-state index in [1.54, 1.807) is 4.90 Å². The Hall–Kier alpha value is -1.55. The molecule has 1 amide bonds. The van der Waals surface area contributed by atoms with Gasteiger partial charge < -0.3 is 10.1 Å². The van der Waals surface area contributed by atoms with Crippen molar-refractivity contribution in [1.29, 1.82) is 0 Å². The minimum Gasteiger partial charge on any atom is -0.449 e. The highest BCUT2D eigenvalue weighted by Crippen LogP contribution is 2.29. The van der Waals surface area contributed by atoms with Crippen molar-refractivity contribution in [3.8, 4) is 0 Å². The van der Waals surface area contributed by atoms with Crippen LogP contribution in [0.4, 0.5) is 10.5 Å². The summed E-state index contributed by atoms with van der Waals surface area (Å²) in [5.74, 6) is 0.336. The molecule has 1 unspecified atom stereocenters. The van der Waals surface area contributed by atoms with E-state index in [9.17, 15) is 4.79 Å². The van der Waals surface area contributed by atoms with Gasteiger partial charge in [-0.1, -0.05) is 17.7 Å². The second kappa shape index (κ2) is 5.61. The van der Waals surface area contributed by atoms with Gasteiger partial charge in [0.25, 0.3) is 0 Å². The molecule has 0 saturated carbocycles. The lowest BCUT2D eigenvalue weighted by Gasteiger charge is -2.34. The smallest absolute Gasteiger partial charge is 0.414 e. The number of nitrogens with one attached hydrogen (secondary N) is 1. The molecular weight excluding hydrogens is 240 g/mol. The molecule has 1 saturated heterocycles. The second-order valence-electron chi connectivity index (χ2n) is 5.36. The molecule has 1 fully saturated rings. The number of amides is 1. The molecular formula is C15H22N2O2. The highest BCUT2D eigenvalue weighted by molar-refractivity contribution is 5.90. The van der Waals surface area contributed by atoms with E-state index in [2.05, 4.69) is 24.4 Å². The summed E-state index contributed by atoms with van der Waals surface area (Å²) in [5.41, 5.74) is 4.46. The van der Waals surface area contributed by atoms with Gasteiger partial charge >= 0.3 is 6.09 Å². The summed E-state index contributed by atoms with van der Waals surface area (Å²) in [6, 6.07) is 4.22. The lowest BCUT2D eigenvalue weighted by molar-refractivity contribution is 0.115. The predicted molar refractivity (Wildman–Crippen MR) is 76.8 cm³/mol. The molecule has 0 aromatic heterocycles. The fourth-order valence-electron chi connectivity index (χ4n) is 2.85. The average molecular weight is 262 g/mol. The molecule has 4 heteroatoms. The first-order valence-electron chi connectivity index (χ1n) is 6.69. The number of hydrogen-bond acceptors (Lipinski definition) is 3. The maximum absolute atomic E-state index is 12.0. The van der Waals surface area contributed by atoms with Crippen LogP contribution in [-0.2, 0) is 4.74 Å².